The van der Waals surface area contributed by atoms with Crippen molar-refractivity contribution in [3.8, 4) is 78.8 Å². The Labute approximate surface area is 660 Å². The van der Waals surface area contributed by atoms with Gasteiger partial charge in [-0.15, -0.1) is 0 Å². The summed E-state index contributed by atoms with van der Waals surface area (Å²) in [5.41, 5.74) is 14.7. The number of nitrogens with zero attached hydrogens (tertiary/aromatic N) is 12. The number of amides is 6. The van der Waals surface area contributed by atoms with Crippen molar-refractivity contribution in [1.82, 2.24) is 80.3 Å². The van der Waals surface area contributed by atoms with E-state index in [1.807, 2.05) is 102 Å². The number of halogens is 3. The lowest BCUT2D eigenvalue weighted by Gasteiger charge is -2.09. The Morgan fingerprint density at radius 1 is 0.430 bits per heavy atom. The number of carbonyl (C=O) groups excluding carboxylic acids is 6. The zero-order chi connectivity index (χ0) is 80.3. The van der Waals surface area contributed by atoms with E-state index in [9.17, 15) is 37.5 Å². The van der Waals surface area contributed by atoms with Gasteiger partial charge in [0, 0.05) is 113 Å². The number of carbonyl (C=O) groups is 6. The maximum absolute atomic E-state index is 14.3. The molecule has 4 fully saturated rings. The van der Waals surface area contributed by atoms with Gasteiger partial charge in [-0.3, -0.25) is 48.7 Å². The molecule has 16 rings (SSSR count). The van der Waals surface area contributed by atoms with Gasteiger partial charge in [-0.25, -0.2) is 27.5 Å². The van der Waals surface area contributed by atoms with Gasteiger partial charge in [0.05, 0.1) is 139 Å². The second kappa shape index (κ2) is 35.5. The highest BCUT2D eigenvalue weighted by Crippen LogP contribution is 2.35. The quantitative estimate of drug-likeness (QED) is 0.0346. The predicted octanol–water partition coefficient (Wildman–Crippen LogP) is 13.4. The summed E-state index contributed by atoms with van der Waals surface area (Å²) < 4.78 is 50.4. The molecule has 30 heteroatoms. The molecule has 8 heterocycles. The SMILES string of the molecule is COCC(=O)Nc1cncc(-n2cc(-c3cc(C(=O)NC4CC4)ccc3C)cn2)c1.COc1cncc(-n2cc(-c3cc(C(=O)NC4CC4)c(F)cc3C)cn2)c1.COc1cncc(-n2cc(-c3cc(C(=O)NC4CC4)c(F)cc3Cl)cn2)c1.Cc1ccc(C(=O)NC2CC2)cc1-c1cnn(-c2cncc(NC(=O)C(C)C)c2)c1. The van der Waals surface area contributed by atoms with E-state index in [0.717, 1.165) is 119 Å². The molecule has 0 spiro atoms. The highest BCUT2D eigenvalue weighted by Gasteiger charge is 2.29. The maximum atomic E-state index is 14.3. The van der Waals surface area contributed by atoms with Crippen LogP contribution in [0.1, 0.15) is 123 Å². The average Bonchev–Trinajstić information content (AvgIpc) is 1.43. The smallest absolute Gasteiger partial charge is 0.254 e. The number of aromatic nitrogens is 12. The van der Waals surface area contributed by atoms with Crippen LogP contribution in [0.2, 0.25) is 5.02 Å². The third-order valence-electron chi connectivity index (χ3n) is 18.8. The van der Waals surface area contributed by atoms with E-state index in [2.05, 4.69) is 72.2 Å². The largest absolute Gasteiger partial charge is 0.495 e. The summed E-state index contributed by atoms with van der Waals surface area (Å²) in [4.78, 5) is 89.7. The Morgan fingerprint density at radius 3 is 1.18 bits per heavy atom. The number of methoxy groups -OCH3 is 3. The fourth-order valence-electron chi connectivity index (χ4n) is 11.8. The summed E-state index contributed by atoms with van der Waals surface area (Å²) in [6.07, 6.45) is 35.1. The van der Waals surface area contributed by atoms with E-state index in [0.29, 0.717) is 68.6 Å². The molecule has 27 nitrogen and oxygen atoms in total. The minimum Gasteiger partial charge on any atom is -0.495 e. The second-order valence-corrected chi connectivity index (χ2v) is 28.8. The fourth-order valence-corrected chi connectivity index (χ4v) is 12.0. The number of pyridine rings is 4. The normalized spacial score (nSPS) is 13.3. The first kappa shape index (κ1) is 79.0. The molecule has 6 N–H and O–H groups in total. The standard InChI is InChI=1S/C23H25N5O2.C22H23N5O3.C20H19FN4O2.C19H16ClFN4O2/c1-14(2)22(29)27-19-9-20(12-24-11-19)28-13-17(10-25-28)21-8-16(5-4-15(21)3)23(30)26-18-6-7-18;1-14-3-4-15(22(29)26-17-5-6-17)7-20(14)16-9-24-27(12-16)19-8-18(10-23-11-19)25-21(28)13-30-2;1-12-5-19(21)18(20(26)24-14-3-4-14)7-17(12)13-8-23-25(11-13)15-6-16(27-2)10-22-9-15;1-27-14-4-13(8-22-9-14)25-10-11(7-23-25)15-5-16(18(21)6-17(15)20)19(26)24-12-2-3-12/h4-5,8-14,18H,6-7H2,1-3H3,(H,26,30)(H,27,29);3-4,7-12,17H,5-6,13H2,1-2H3,(H,25,28)(H,26,29);5-11,14H,3-4H2,1-2H3,(H,24,26);4-10,12H,2-3H2,1H3,(H,24,26). The molecule has 8 aromatic heterocycles. The number of hydrogen-bond donors (Lipinski definition) is 6. The van der Waals surface area contributed by atoms with Crippen molar-refractivity contribution in [2.45, 2.75) is 110 Å². The van der Waals surface area contributed by atoms with E-state index >= 15 is 0 Å². The molecular formula is C84H83ClF2N18O9. The lowest BCUT2D eigenvalue weighted by atomic mass is 9.99. The van der Waals surface area contributed by atoms with Crippen molar-refractivity contribution in [1.29, 1.82) is 0 Å². The number of anilines is 2. The van der Waals surface area contributed by atoms with Crippen molar-refractivity contribution < 1.29 is 51.8 Å². The molecule has 0 aliphatic heterocycles. The van der Waals surface area contributed by atoms with Gasteiger partial charge in [0.1, 0.15) is 29.7 Å². The van der Waals surface area contributed by atoms with E-state index in [-0.39, 0.29) is 70.3 Å². The van der Waals surface area contributed by atoms with Crippen molar-refractivity contribution in [3.63, 3.8) is 0 Å². The third kappa shape index (κ3) is 20.3. The second-order valence-electron chi connectivity index (χ2n) is 28.4. The van der Waals surface area contributed by atoms with Crippen molar-refractivity contribution in [2.75, 3.05) is 38.6 Å². The zero-order valence-corrected chi connectivity index (χ0v) is 64.5. The molecular weight excluding hydrogens is 1480 g/mol. The Balaban J connectivity index is 0.000000133. The van der Waals surface area contributed by atoms with Crippen molar-refractivity contribution in [2.24, 2.45) is 5.92 Å². The number of nitrogens with one attached hydrogen (secondary N) is 6. The van der Waals surface area contributed by atoms with Gasteiger partial charge in [-0.05, 0) is 166 Å². The summed E-state index contributed by atoms with van der Waals surface area (Å²) in [7, 11) is 4.60. The van der Waals surface area contributed by atoms with E-state index in [4.69, 9.17) is 25.8 Å². The Bertz CT molecular complexity index is 5400. The lowest BCUT2D eigenvalue weighted by molar-refractivity contribution is -0.120. The van der Waals surface area contributed by atoms with Crippen LogP contribution in [0.3, 0.4) is 0 Å². The van der Waals surface area contributed by atoms with Crippen LogP contribution in [-0.4, -0.2) is 147 Å². The summed E-state index contributed by atoms with van der Waals surface area (Å²) in [6, 6.07) is 25.2. The van der Waals surface area contributed by atoms with Gasteiger partial charge in [0.15, 0.2) is 0 Å². The molecule has 0 bridgehead atoms. The van der Waals surface area contributed by atoms with Crippen molar-refractivity contribution in [3.05, 3.63) is 240 Å². The van der Waals surface area contributed by atoms with Gasteiger partial charge in [-0.2, -0.15) is 20.4 Å². The number of rotatable bonds is 23. The van der Waals surface area contributed by atoms with Crippen LogP contribution in [0.25, 0.3) is 67.3 Å². The number of benzene rings is 4. The fraction of sp³-hybridized carbons (Fsp3) is 0.262. The van der Waals surface area contributed by atoms with Gasteiger partial charge in [-0.1, -0.05) is 37.6 Å². The Hall–Kier alpha value is -13.2. The molecule has 584 valence electrons. The molecule has 114 heavy (non-hydrogen) atoms. The van der Waals surface area contributed by atoms with E-state index < -0.39 is 17.5 Å². The van der Waals surface area contributed by atoms with Crippen LogP contribution in [-0.2, 0) is 14.3 Å². The molecule has 4 aliphatic rings. The number of ether oxygens (including phenoxy) is 3. The lowest BCUT2D eigenvalue weighted by Crippen LogP contribution is -2.26. The molecule has 4 saturated carbocycles. The molecule has 0 saturated heterocycles. The molecule has 4 aromatic carbocycles. The Morgan fingerprint density at radius 2 is 0.789 bits per heavy atom. The predicted molar refractivity (Wildman–Crippen MR) is 425 cm³/mol. The van der Waals surface area contributed by atoms with Gasteiger partial charge < -0.3 is 46.1 Å². The van der Waals surface area contributed by atoms with Gasteiger partial charge >= 0.3 is 0 Å². The highest BCUT2D eigenvalue weighted by atomic mass is 35.5. The summed E-state index contributed by atoms with van der Waals surface area (Å²) in [5, 5.41) is 35.0. The summed E-state index contributed by atoms with van der Waals surface area (Å²) in [5.74, 6) is -1.26. The number of hydrogen-bond acceptors (Lipinski definition) is 17. The van der Waals surface area contributed by atoms with Crippen LogP contribution in [0.4, 0.5) is 20.2 Å². The molecule has 4 aliphatic carbocycles. The van der Waals surface area contributed by atoms with Crippen LogP contribution in [0.5, 0.6) is 11.5 Å². The Kier molecular flexibility index (Phi) is 24.6. The minimum absolute atomic E-state index is 0.0277. The molecule has 6 amide bonds. The van der Waals surface area contributed by atoms with Crippen LogP contribution < -0.4 is 41.4 Å². The zero-order valence-electron chi connectivity index (χ0n) is 63.7. The van der Waals surface area contributed by atoms with Crippen LogP contribution in [0.15, 0.2) is 184 Å². The topological polar surface area (TPSA) is 325 Å². The maximum Gasteiger partial charge on any atom is 0.254 e. The van der Waals surface area contributed by atoms with E-state index in [1.54, 1.807) is 132 Å². The number of aryl methyl sites for hydroxylation is 3. The highest BCUT2D eigenvalue weighted by molar-refractivity contribution is 6.33. The first-order chi connectivity index (χ1) is 55.0. The first-order valence-corrected chi connectivity index (χ1v) is 37.3. The molecule has 12 aromatic rings. The summed E-state index contributed by atoms with van der Waals surface area (Å²) in [6.45, 7) is 9.48. The monoisotopic (exact) mass is 1560 g/mol. The molecule has 0 atom stereocenters. The molecule has 0 unspecified atom stereocenters. The summed E-state index contributed by atoms with van der Waals surface area (Å²) >= 11 is 6.22. The van der Waals surface area contributed by atoms with Gasteiger partial charge in [0.25, 0.3) is 23.6 Å². The first-order valence-electron chi connectivity index (χ1n) is 37.0. The van der Waals surface area contributed by atoms with Crippen molar-refractivity contribution >= 4 is 58.4 Å². The molecule has 0 radical (unpaired) electrons. The van der Waals surface area contributed by atoms with Crippen LogP contribution >= 0.6 is 11.6 Å². The average molecular weight is 1560 g/mol. The van der Waals surface area contributed by atoms with E-state index in [1.165, 1.54) is 19.2 Å². The third-order valence-corrected chi connectivity index (χ3v) is 19.1. The minimum atomic E-state index is -0.647. The van der Waals surface area contributed by atoms with Gasteiger partial charge in [0.2, 0.25) is 11.8 Å². The van der Waals surface area contributed by atoms with Crippen LogP contribution in [0, 0.1) is 38.3 Å².